The summed E-state index contributed by atoms with van der Waals surface area (Å²) in [5.41, 5.74) is 12.0. The first-order valence-electron chi connectivity index (χ1n) is 8.72. The summed E-state index contributed by atoms with van der Waals surface area (Å²) in [6.45, 7) is 6.94. The first-order chi connectivity index (χ1) is 9.89. The van der Waals surface area contributed by atoms with Gasteiger partial charge in [0.2, 0.25) is 0 Å². The van der Waals surface area contributed by atoms with Crippen LogP contribution in [0.25, 0.3) is 0 Å². The van der Waals surface area contributed by atoms with Gasteiger partial charge < -0.3 is 5.73 Å². The van der Waals surface area contributed by atoms with Crippen molar-refractivity contribution in [3.8, 4) is 0 Å². The number of hydrogen-bond acceptors (Lipinski definition) is 1. The van der Waals surface area contributed by atoms with E-state index in [2.05, 4.69) is 39.0 Å². The maximum Gasteiger partial charge on any atom is 0.0352 e. The van der Waals surface area contributed by atoms with E-state index in [-0.39, 0.29) is 6.04 Å². The fourth-order valence-corrected chi connectivity index (χ4v) is 6.47. The Balaban J connectivity index is 1.70. The number of benzene rings is 1. The van der Waals surface area contributed by atoms with Gasteiger partial charge in [-0.1, -0.05) is 25.1 Å². The average molecular weight is 283 g/mol. The first kappa shape index (κ1) is 13.8. The van der Waals surface area contributed by atoms with Crippen LogP contribution >= 0.6 is 0 Å². The predicted octanol–water partition coefficient (Wildman–Crippen LogP) is 4.91. The molecule has 2 N–H and O–H groups in total. The molecular formula is C20H29N. The van der Waals surface area contributed by atoms with Crippen LogP contribution in [0.4, 0.5) is 0 Å². The van der Waals surface area contributed by atoms with Gasteiger partial charge in [-0.25, -0.2) is 0 Å². The van der Waals surface area contributed by atoms with Crippen LogP contribution < -0.4 is 5.73 Å². The third-order valence-corrected chi connectivity index (χ3v) is 6.95. The molecular weight excluding hydrogens is 254 g/mol. The van der Waals surface area contributed by atoms with Crippen LogP contribution in [-0.2, 0) is 0 Å². The molecule has 0 amide bonds. The van der Waals surface area contributed by atoms with Crippen molar-refractivity contribution in [3.63, 3.8) is 0 Å². The lowest BCUT2D eigenvalue weighted by Crippen LogP contribution is -2.54. The zero-order chi connectivity index (χ0) is 14.8. The second kappa shape index (κ2) is 4.35. The summed E-state index contributed by atoms with van der Waals surface area (Å²) in [6.07, 6.45) is 8.54. The van der Waals surface area contributed by atoms with E-state index in [4.69, 9.17) is 5.73 Å². The Morgan fingerprint density at radius 2 is 1.71 bits per heavy atom. The minimum Gasteiger partial charge on any atom is -0.323 e. The molecule has 3 unspecified atom stereocenters. The molecule has 4 saturated carbocycles. The standard InChI is InChI=1S/C20H29N/c1-13-4-5-17(6-14(13)2)18(21)20-10-15-7-16(11-20)9-19(3,8-15)12-20/h4-6,15-16,18H,7-12,21H2,1-3H3. The van der Waals surface area contributed by atoms with Gasteiger partial charge in [-0.2, -0.15) is 0 Å². The summed E-state index contributed by atoms with van der Waals surface area (Å²) < 4.78 is 0. The van der Waals surface area contributed by atoms with Crippen LogP contribution in [0.5, 0.6) is 0 Å². The van der Waals surface area contributed by atoms with Crippen LogP contribution in [0.15, 0.2) is 18.2 Å². The van der Waals surface area contributed by atoms with Gasteiger partial charge in [0, 0.05) is 6.04 Å². The number of rotatable bonds is 2. The number of hydrogen-bond donors (Lipinski definition) is 1. The summed E-state index contributed by atoms with van der Waals surface area (Å²) in [4.78, 5) is 0. The molecule has 0 saturated heterocycles. The Morgan fingerprint density at radius 3 is 2.29 bits per heavy atom. The largest absolute Gasteiger partial charge is 0.323 e. The molecule has 0 heterocycles. The molecule has 1 aromatic carbocycles. The lowest BCUT2D eigenvalue weighted by Gasteiger charge is -2.63. The molecule has 114 valence electrons. The van der Waals surface area contributed by atoms with Gasteiger partial charge in [0.15, 0.2) is 0 Å². The Bertz CT molecular complexity index is 559. The van der Waals surface area contributed by atoms with E-state index in [1.54, 1.807) is 0 Å². The lowest BCUT2D eigenvalue weighted by atomic mass is 9.43. The minimum absolute atomic E-state index is 0.238. The Labute approximate surface area is 129 Å². The van der Waals surface area contributed by atoms with Crippen LogP contribution in [-0.4, -0.2) is 0 Å². The number of aryl methyl sites for hydroxylation is 2. The predicted molar refractivity (Wildman–Crippen MR) is 88.1 cm³/mol. The first-order valence-corrected chi connectivity index (χ1v) is 8.72. The number of nitrogens with two attached hydrogens (primary N) is 1. The molecule has 4 fully saturated rings. The average Bonchev–Trinajstić information content (AvgIpc) is 2.38. The molecule has 4 bridgehead atoms. The molecule has 4 aliphatic carbocycles. The molecule has 21 heavy (non-hydrogen) atoms. The van der Waals surface area contributed by atoms with Crippen molar-refractivity contribution in [2.24, 2.45) is 28.4 Å². The van der Waals surface area contributed by atoms with E-state index < -0.39 is 0 Å². The molecule has 0 spiro atoms. The zero-order valence-corrected chi connectivity index (χ0v) is 13.8. The fourth-order valence-electron chi connectivity index (χ4n) is 6.47. The van der Waals surface area contributed by atoms with Gasteiger partial charge in [-0.15, -0.1) is 0 Å². The molecule has 5 rings (SSSR count). The Morgan fingerprint density at radius 1 is 1.05 bits per heavy atom. The van der Waals surface area contributed by atoms with Gasteiger partial charge >= 0.3 is 0 Å². The molecule has 0 radical (unpaired) electrons. The molecule has 1 nitrogen and oxygen atoms in total. The fraction of sp³-hybridized carbons (Fsp3) is 0.700. The normalized spacial score (nSPS) is 42.3. The zero-order valence-electron chi connectivity index (χ0n) is 13.8. The quantitative estimate of drug-likeness (QED) is 0.820. The molecule has 1 aromatic rings. The van der Waals surface area contributed by atoms with Gasteiger partial charge in [0.1, 0.15) is 0 Å². The van der Waals surface area contributed by atoms with Crippen LogP contribution in [0.3, 0.4) is 0 Å². The highest BCUT2D eigenvalue weighted by Crippen LogP contribution is 2.67. The maximum absolute atomic E-state index is 6.87. The second-order valence-electron chi connectivity index (χ2n) is 8.96. The van der Waals surface area contributed by atoms with Crippen molar-refractivity contribution in [1.29, 1.82) is 0 Å². The van der Waals surface area contributed by atoms with E-state index in [0.29, 0.717) is 10.8 Å². The third kappa shape index (κ3) is 2.08. The topological polar surface area (TPSA) is 26.0 Å². The maximum atomic E-state index is 6.87. The highest BCUT2D eigenvalue weighted by molar-refractivity contribution is 5.33. The van der Waals surface area contributed by atoms with Crippen molar-refractivity contribution in [1.82, 2.24) is 0 Å². The highest BCUT2D eigenvalue weighted by atomic mass is 14.8. The van der Waals surface area contributed by atoms with E-state index in [1.165, 1.54) is 55.2 Å². The smallest absolute Gasteiger partial charge is 0.0352 e. The summed E-state index contributed by atoms with van der Waals surface area (Å²) in [7, 11) is 0. The summed E-state index contributed by atoms with van der Waals surface area (Å²) in [5, 5.41) is 0. The van der Waals surface area contributed by atoms with E-state index in [0.717, 1.165) is 11.8 Å². The van der Waals surface area contributed by atoms with Crippen molar-refractivity contribution < 1.29 is 0 Å². The molecule has 1 heteroatoms. The third-order valence-electron chi connectivity index (χ3n) is 6.95. The monoisotopic (exact) mass is 283 g/mol. The summed E-state index contributed by atoms with van der Waals surface area (Å²) >= 11 is 0. The molecule has 4 aliphatic rings. The van der Waals surface area contributed by atoms with Crippen molar-refractivity contribution in [2.45, 2.75) is 65.3 Å². The van der Waals surface area contributed by atoms with Gasteiger partial charge in [0.25, 0.3) is 0 Å². The van der Waals surface area contributed by atoms with E-state index >= 15 is 0 Å². The van der Waals surface area contributed by atoms with Crippen LogP contribution in [0.2, 0.25) is 0 Å². The van der Waals surface area contributed by atoms with E-state index in [1.807, 2.05) is 0 Å². The minimum atomic E-state index is 0.238. The van der Waals surface area contributed by atoms with Crippen molar-refractivity contribution in [3.05, 3.63) is 34.9 Å². The van der Waals surface area contributed by atoms with Crippen molar-refractivity contribution in [2.75, 3.05) is 0 Å². The second-order valence-corrected chi connectivity index (χ2v) is 8.96. The Kier molecular flexibility index (Phi) is 2.86. The summed E-state index contributed by atoms with van der Waals surface area (Å²) in [5.74, 6) is 1.91. The van der Waals surface area contributed by atoms with Crippen LogP contribution in [0, 0.1) is 36.5 Å². The van der Waals surface area contributed by atoms with Crippen molar-refractivity contribution >= 4 is 0 Å². The van der Waals surface area contributed by atoms with Gasteiger partial charge in [-0.3, -0.25) is 0 Å². The lowest BCUT2D eigenvalue weighted by molar-refractivity contribution is -0.113. The van der Waals surface area contributed by atoms with Gasteiger partial charge in [-0.05, 0) is 91.7 Å². The van der Waals surface area contributed by atoms with Crippen LogP contribution in [0.1, 0.15) is 68.2 Å². The summed E-state index contributed by atoms with van der Waals surface area (Å²) in [6, 6.07) is 7.13. The SMILES string of the molecule is Cc1ccc(C(N)C23CC4CC(CC(C)(C4)C2)C3)cc1C. The van der Waals surface area contributed by atoms with Gasteiger partial charge in [0.05, 0.1) is 0 Å². The van der Waals surface area contributed by atoms with E-state index in [9.17, 15) is 0 Å². The molecule has 3 atom stereocenters. The molecule has 0 aromatic heterocycles. The highest BCUT2D eigenvalue weighted by Gasteiger charge is 2.57. The Hall–Kier alpha value is -0.820. The molecule has 0 aliphatic heterocycles.